The fourth-order valence-corrected chi connectivity index (χ4v) is 5.26. The summed E-state index contributed by atoms with van der Waals surface area (Å²) in [4.78, 5) is 7.07. The number of halogens is 1. The summed E-state index contributed by atoms with van der Waals surface area (Å²) in [5, 5.41) is 13.6. The number of aliphatic imine (C=N–C) groups is 1. The maximum absolute atomic E-state index is 10.2. The zero-order valence-electron chi connectivity index (χ0n) is 14.9. The number of furan rings is 1. The summed E-state index contributed by atoms with van der Waals surface area (Å²) < 4.78 is 5.68. The minimum atomic E-state index is -0.684. The molecule has 1 aliphatic carbocycles. The van der Waals surface area contributed by atoms with Crippen LogP contribution in [0.15, 0.2) is 27.8 Å². The minimum absolute atomic E-state index is 0. The van der Waals surface area contributed by atoms with Gasteiger partial charge in [0.1, 0.15) is 11.9 Å². The van der Waals surface area contributed by atoms with Crippen LogP contribution in [-0.2, 0) is 0 Å². The van der Waals surface area contributed by atoms with Crippen LogP contribution in [0.2, 0.25) is 0 Å². The third-order valence-electron chi connectivity index (χ3n) is 4.93. The number of hydrogen-bond donors (Lipinski definition) is 2. The third-order valence-corrected chi connectivity index (χ3v) is 6.47. The minimum Gasteiger partial charge on any atom is -0.467 e. The first-order valence-electron chi connectivity index (χ1n) is 9.11. The van der Waals surface area contributed by atoms with Crippen molar-refractivity contribution >= 4 is 41.7 Å². The highest BCUT2D eigenvalue weighted by Gasteiger charge is 2.38. The van der Waals surface area contributed by atoms with E-state index in [4.69, 9.17) is 4.42 Å². The SMILES string of the molecule is CCNC(=NCC(O)c1ccco1)N1CCSC2(CCCCC2)C1.I. The Morgan fingerprint density at radius 2 is 2.24 bits per heavy atom. The summed E-state index contributed by atoms with van der Waals surface area (Å²) in [5.41, 5.74) is 0. The summed E-state index contributed by atoms with van der Waals surface area (Å²) in [5.74, 6) is 2.66. The van der Waals surface area contributed by atoms with E-state index in [0.29, 0.717) is 17.1 Å². The van der Waals surface area contributed by atoms with Gasteiger partial charge in [0, 0.05) is 30.1 Å². The average molecular weight is 479 g/mol. The Morgan fingerprint density at radius 3 is 2.92 bits per heavy atom. The molecular formula is C18H30IN3O2S. The molecule has 1 spiro atoms. The monoisotopic (exact) mass is 479 g/mol. The molecule has 0 radical (unpaired) electrons. The lowest BCUT2D eigenvalue weighted by Crippen LogP contribution is -2.53. The topological polar surface area (TPSA) is 61.0 Å². The smallest absolute Gasteiger partial charge is 0.194 e. The Kier molecular flexibility index (Phi) is 8.41. The first-order chi connectivity index (χ1) is 11.7. The average Bonchev–Trinajstić information content (AvgIpc) is 3.14. The fourth-order valence-electron chi connectivity index (χ4n) is 3.69. The lowest BCUT2D eigenvalue weighted by Gasteiger charge is -2.45. The van der Waals surface area contributed by atoms with Crippen molar-refractivity contribution in [3.8, 4) is 0 Å². The van der Waals surface area contributed by atoms with Crippen molar-refractivity contribution in [3.05, 3.63) is 24.2 Å². The molecule has 7 heteroatoms. The third kappa shape index (κ3) is 5.53. The Bertz CT molecular complexity index is 527. The van der Waals surface area contributed by atoms with E-state index < -0.39 is 6.10 Å². The van der Waals surface area contributed by atoms with E-state index in [9.17, 15) is 5.11 Å². The van der Waals surface area contributed by atoms with Crippen LogP contribution in [0.3, 0.4) is 0 Å². The van der Waals surface area contributed by atoms with Crippen LogP contribution in [0.25, 0.3) is 0 Å². The van der Waals surface area contributed by atoms with Crippen LogP contribution in [0, 0.1) is 0 Å². The fraction of sp³-hybridized carbons (Fsp3) is 0.722. The van der Waals surface area contributed by atoms with Gasteiger partial charge < -0.3 is 19.7 Å². The van der Waals surface area contributed by atoms with Gasteiger partial charge in [-0.25, -0.2) is 4.99 Å². The molecule has 0 amide bonds. The summed E-state index contributed by atoms with van der Waals surface area (Å²) >= 11 is 2.16. The molecule has 5 nitrogen and oxygen atoms in total. The molecule has 1 aliphatic heterocycles. The number of nitrogens with one attached hydrogen (secondary N) is 1. The number of guanidine groups is 1. The number of thioether (sulfide) groups is 1. The summed E-state index contributed by atoms with van der Waals surface area (Å²) in [7, 11) is 0. The molecule has 1 atom stereocenters. The van der Waals surface area contributed by atoms with E-state index in [1.807, 2.05) is 0 Å². The van der Waals surface area contributed by atoms with E-state index >= 15 is 0 Å². The zero-order valence-corrected chi connectivity index (χ0v) is 18.1. The lowest BCUT2D eigenvalue weighted by atomic mass is 9.87. The largest absolute Gasteiger partial charge is 0.467 e. The van der Waals surface area contributed by atoms with Gasteiger partial charge in [0.05, 0.1) is 12.8 Å². The van der Waals surface area contributed by atoms with Gasteiger partial charge in [0.25, 0.3) is 0 Å². The molecule has 1 aromatic rings. The number of nitrogens with zero attached hydrogens (tertiary/aromatic N) is 2. The quantitative estimate of drug-likeness (QED) is 0.392. The molecule has 2 fully saturated rings. The summed E-state index contributed by atoms with van der Waals surface area (Å²) in [6.45, 7) is 5.35. The highest BCUT2D eigenvalue weighted by atomic mass is 127. The second kappa shape index (κ2) is 10.1. The van der Waals surface area contributed by atoms with Crippen molar-refractivity contribution in [1.29, 1.82) is 0 Å². The maximum Gasteiger partial charge on any atom is 0.194 e. The van der Waals surface area contributed by atoms with Gasteiger partial charge in [0.2, 0.25) is 0 Å². The van der Waals surface area contributed by atoms with Crippen LogP contribution in [-0.4, -0.2) is 52.6 Å². The molecule has 2 aliphatic rings. The number of rotatable bonds is 4. The molecule has 0 aromatic carbocycles. The Balaban J connectivity index is 0.00000225. The van der Waals surface area contributed by atoms with Crippen molar-refractivity contribution in [2.45, 2.75) is 49.9 Å². The molecule has 1 saturated heterocycles. The molecule has 1 unspecified atom stereocenters. The van der Waals surface area contributed by atoms with Gasteiger partial charge in [-0.2, -0.15) is 11.8 Å². The summed E-state index contributed by atoms with van der Waals surface area (Å²) in [6, 6.07) is 3.59. The molecule has 142 valence electrons. The Labute approximate surface area is 172 Å². The molecule has 2 N–H and O–H groups in total. The Morgan fingerprint density at radius 1 is 1.44 bits per heavy atom. The van der Waals surface area contributed by atoms with Crippen molar-refractivity contribution in [3.63, 3.8) is 0 Å². The predicted octanol–water partition coefficient (Wildman–Crippen LogP) is 3.65. The second-order valence-electron chi connectivity index (χ2n) is 6.74. The standard InChI is InChI=1S/C18H29N3O2S.HI/c1-2-19-17(20-13-15(22)16-7-6-11-23-16)21-10-12-24-18(14-21)8-4-3-5-9-18;/h6-7,11,15,22H,2-5,8-10,12-14H2,1H3,(H,19,20);1H. The highest BCUT2D eigenvalue weighted by molar-refractivity contribution is 14.0. The van der Waals surface area contributed by atoms with Gasteiger partial charge in [-0.15, -0.1) is 24.0 Å². The van der Waals surface area contributed by atoms with Gasteiger partial charge >= 0.3 is 0 Å². The van der Waals surface area contributed by atoms with E-state index in [1.165, 1.54) is 32.1 Å². The molecule has 25 heavy (non-hydrogen) atoms. The second-order valence-corrected chi connectivity index (χ2v) is 8.30. The molecule has 2 heterocycles. The number of aliphatic hydroxyl groups excluding tert-OH is 1. The molecule has 1 saturated carbocycles. The van der Waals surface area contributed by atoms with Gasteiger partial charge in [0.15, 0.2) is 5.96 Å². The maximum atomic E-state index is 10.2. The van der Waals surface area contributed by atoms with E-state index in [0.717, 1.165) is 31.3 Å². The lowest BCUT2D eigenvalue weighted by molar-refractivity contribution is 0.158. The van der Waals surface area contributed by atoms with Crippen molar-refractivity contribution in [1.82, 2.24) is 10.2 Å². The molecular weight excluding hydrogens is 449 g/mol. The van der Waals surface area contributed by atoms with Gasteiger partial charge in [-0.1, -0.05) is 19.3 Å². The summed E-state index contributed by atoms with van der Waals surface area (Å²) in [6.07, 6.45) is 7.63. The molecule has 3 rings (SSSR count). The molecule has 0 bridgehead atoms. The number of aliphatic hydroxyl groups is 1. The van der Waals surface area contributed by atoms with E-state index in [-0.39, 0.29) is 24.0 Å². The van der Waals surface area contributed by atoms with Crippen LogP contribution >= 0.6 is 35.7 Å². The number of hydrogen-bond acceptors (Lipinski definition) is 4. The van der Waals surface area contributed by atoms with Gasteiger partial charge in [-0.05, 0) is 31.9 Å². The zero-order chi connectivity index (χ0) is 16.8. The first-order valence-corrected chi connectivity index (χ1v) is 10.1. The Hall–Kier alpha value is -0.410. The normalized spacial score (nSPS) is 21.7. The van der Waals surface area contributed by atoms with Crippen LogP contribution < -0.4 is 5.32 Å². The highest BCUT2D eigenvalue weighted by Crippen LogP contribution is 2.42. The van der Waals surface area contributed by atoms with Gasteiger partial charge in [-0.3, -0.25) is 0 Å². The van der Waals surface area contributed by atoms with Crippen LogP contribution in [0.5, 0.6) is 0 Å². The van der Waals surface area contributed by atoms with Crippen LogP contribution in [0.1, 0.15) is 50.9 Å². The van der Waals surface area contributed by atoms with Crippen molar-refractivity contribution in [2.24, 2.45) is 4.99 Å². The van der Waals surface area contributed by atoms with E-state index in [1.54, 1.807) is 18.4 Å². The predicted molar refractivity (Wildman–Crippen MR) is 115 cm³/mol. The molecule has 1 aromatic heterocycles. The van der Waals surface area contributed by atoms with E-state index in [2.05, 4.69) is 33.9 Å². The van der Waals surface area contributed by atoms with Crippen molar-refractivity contribution < 1.29 is 9.52 Å². The van der Waals surface area contributed by atoms with Crippen LogP contribution in [0.4, 0.5) is 0 Å². The van der Waals surface area contributed by atoms with Crippen molar-refractivity contribution in [2.75, 3.05) is 31.9 Å². The first kappa shape index (κ1) is 20.9.